The van der Waals surface area contributed by atoms with Gasteiger partial charge in [0.25, 0.3) is 0 Å². The van der Waals surface area contributed by atoms with Gasteiger partial charge in [-0.2, -0.15) is 0 Å². The number of aryl methyl sites for hydroxylation is 1. The topological polar surface area (TPSA) is 69.6 Å². The smallest absolute Gasteiger partial charge is 0.131 e. The summed E-state index contributed by atoms with van der Waals surface area (Å²) in [6, 6.07) is 1.50. The molecule has 0 saturated carbocycles. The number of imidazole rings is 1. The monoisotopic (exact) mass is 189 g/mol. The predicted molar refractivity (Wildman–Crippen MR) is 51.3 cm³/mol. The molecule has 1 unspecified atom stereocenters. The average Bonchev–Trinajstić information content (AvgIpc) is 2.65. The highest BCUT2D eigenvalue weighted by Crippen LogP contribution is 2.13. The number of rotatable bonds is 2. The van der Waals surface area contributed by atoms with Crippen LogP contribution >= 0.6 is 0 Å². The molecule has 2 rings (SSSR count). The van der Waals surface area contributed by atoms with Crippen LogP contribution in [-0.2, 0) is 7.05 Å². The Morgan fingerprint density at radius 2 is 2.21 bits per heavy atom. The van der Waals surface area contributed by atoms with Crippen LogP contribution in [-0.4, -0.2) is 19.5 Å². The van der Waals surface area contributed by atoms with Gasteiger partial charge in [-0.05, 0) is 6.07 Å². The molecule has 0 amide bonds. The fraction of sp³-hybridized carbons (Fsp3) is 0.222. The van der Waals surface area contributed by atoms with Gasteiger partial charge in [0.2, 0.25) is 0 Å². The van der Waals surface area contributed by atoms with E-state index in [0.29, 0.717) is 0 Å². The van der Waals surface area contributed by atoms with Crippen molar-refractivity contribution in [2.75, 3.05) is 0 Å². The van der Waals surface area contributed by atoms with Gasteiger partial charge in [0.05, 0.1) is 5.69 Å². The second-order valence-electron chi connectivity index (χ2n) is 3.01. The highest BCUT2D eigenvalue weighted by molar-refractivity contribution is 5.14. The van der Waals surface area contributed by atoms with E-state index in [1.807, 2.05) is 17.8 Å². The predicted octanol–water partition coefficient (Wildman–Crippen LogP) is 0.258. The van der Waals surface area contributed by atoms with Crippen LogP contribution in [0.15, 0.2) is 31.0 Å². The maximum absolute atomic E-state index is 5.99. The minimum absolute atomic E-state index is 0.294. The minimum atomic E-state index is -0.294. The third kappa shape index (κ3) is 1.49. The van der Waals surface area contributed by atoms with E-state index in [1.54, 1.807) is 18.5 Å². The zero-order valence-corrected chi connectivity index (χ0v) is 7.83. The Labute approximate surface area is 81.6 Å². The summed E-state index contributed by atoms with van der Waals surface area (Å²) in [5.41, 5.74) is 6.76. The lowest BCUT2D eigenvalue weighted by Gasteiger charge is -2.09. The lowest BCUT2D eigenvalue weighted by molar-refractivity contribution is 0.697. The largest absolute Gasteiger partial charge is 0.336 e. The first kappa shape index (κ1) is 8.83. The Hall–Kier alpha value is -1.75. The molecule has 0 bridgehead atoms. The molecule has 5 nitrogen and oxygen atoms in total. The van der Waals surface area contributed by atoms with E-state index in [9.17, 15) is 0 Å². The van der Waals surface area contributed by atoms with Crippen molar-refractivity contribution in [2.24, 2.45) is 12.8 Å². The van der Waals surface area contributed by atoms with Gasteiger partial charge in [-0.25, -0.2) is 15.0 Å². The third-order valence-corrected chi connectivity index (χ3v) is 2.06. The molecule has 2 heterocycles. The molecule has 0 aliphatic carbocycles. The van der Waals surface area contributed by atoms with Crippen LogP contribution in [0.4, 0.5) is 0 Å². The van der Waals surface area contributed by atoms with Crippen LogP contribution in [0.5, 0.6) is 0 Å². The van der Waals surface area contributed by atoms with E-state index in [2.05, 4.69) is 15.0 Å². The van der Waals surface area contributed by atoms with Crippen molar-refractivity contribution in [3.8, 4) is 0 Å². The quantitative estimate of drug-likeness (QED) is 0.735. The molecule has 0 aromatic carbocycles. The van der Waals surface area contributed by atoms with Gasteiger partial charge in [0.15, 0.2) is 0 Å². The zero-order chi connectivity index (χ0) is 9.97. The van der Waals surface area contributed by atoms with E-state index in [1.165, 1.54) is 6.33 Å². The van der Waals surface area contributed by atoms with Crippen molar-refractivity contribution in [3.05, 3.63) is 42.5 Å². The summed E-state index contributed by atoms with van der Waals surface area (Å²) in [6.45, 7) is 0. The van der Waals surface area contributed by atoms with E-state index in [-0.39, 0.29) is 6.04 Å². The highest BCUT2D eigenvalue weighted by atomic mass is 15.1. The van der Waals surface area contributed by atoms with Gasteiger partial charge in [0, 0.05) is 25.6 Å². The molecule has 0 saturated heterocycles. The molecule has 72 valence electrons. The molecule has 0 radical (unpaired) electrons. The lowest BCUT2D eigenvalue weighted by atomic mass is 10.2. The number of aromatic nitrogens is 4. The van der Waals surface area contributed by atoms with Crippen molar-refractivity contribution in [2.45, 2.75) is 6.04 Å². The summed E-state index contributed by atoms with van der Waals surface area (Å²) < 4.78 is 1.88. The maximum atomic E-state index is 5.99. The summed E-state index contributed by atoms with van der Waals surface area (Å²) >= 11 is 0. The fourth-order valence-corrected chi connectivity index (χ4v) is 1.29. The van der Waals surface area contributed by atoms with Gasteiger partial charge in [-0.1, -0.05) is 0 Å². The number of hydrogen-bond acceptors (Lipinski definition) is 4. The van der Waals surface area contributed by atoms with Gasteiger partial charge in [0.1, 0.15) is 18.2 Å². The van der Waals surface area contributed by atoms with Crippen molar-refractivity contribution >= 4 is 0 Å². The maximum Gasteiger partial charge on any atom is 0.131 e. The molecular formula is C9H11N5. The third-order valence-electron chi connectivity index (χ3n) is 2.06. The Kier molecular flexibility index (Phi) is 2.24. The molecule has 1 atom stereocenters. The Bertz CT molecular complexity index is 408. The molecule has 2 aromatic heterocycles. The van der Waals surface area contributed by atoms with E-state index < -0.39 is 0 Å². The lowest BCUT2D eigenvalue weighted by Crippen LogP contribution is -2.17. The SMILES string of the molecule is Cn1ccnc1C(N)c1ccncn1. The molecule has 2 aromatic rings. The van der Waals surface area contributed by atoms with E-state index in [4.69, 9.17) is 5.73 Å². The standard InChI is InChI=1S/C9H11N5/c1-14-5-4-12-9(14)8(10)7-2-3-11-6-13-7/h2-6,8H,10H2,1H3. The summed E-state index contributed by atoms with van der Waals surface area (Å²) in [5, 5.41) is 0. The molecule has 2 N–H and O–H groups in total. The molecule has 14 heavy (non-hydrogen) atoms. The molecule has 0 spiro atoms. The molecular weight excluding hydrogens is 178 g/mol. The van der Waals surface area contributed by atoms with Crippen molar-refractivity contribution in [1.29, 1.82) is 0 Å². The molecule has 0 fully saturated rings. The van der Waals surface area contributed by atoms with Gasteiger partial charge >= 0.3 is 0 Å². The summed E-state index contributed by atoms with van der Waals surface area (Å²) in [5.74, 6) is 0.795. The van der Waals surface area contributed by atoms with Crippen LogP contribution in [0, 0.1) is 0 Å². The van der Waals surface area contributed by atoms with Crippen LogP contribution < -0.4 is 5.73 Å². The fourth-order valence-electron chi connectivity index (χ4n) is 1.29. The van der Waals surface area contributed by atoms with Gasteiger partial charge in [-0.15, -0.1) is 0 Å². The molecule has 5 heteroatoms. The van der Waals surface area contributed by atoms with Crippen molar-refractivity contribution in [1.82, 2.24) is 19.5 Å². The molecule has 0 aliphatic heterocycles. The second-order valence-corrected chi connectivity index (χ2v) is 3.01. The highest BCUT2D eigenvalue weighted by Gasteiger charge is 2.13. The summed E-state index contributed by atoms with van der Waals surface area (Å²) in [4.78, 5) is 12.1. The normalized spacial score (nSPS) is 12.7. The average molecular weight is 189 g/mol. The van der Waals surface area contributed by atoms with Crippen LogP contribution in [0.2, 0.25) is 0 Å². The first-order chi connectivity index (χ1) is 6.79. The first-order valence-corrected chi connectivity index (χ1v) is 4.28. The first-order valence-electron chi connectivity index (χ1n) is 4.28. The van der Waals surface area contributed by atoms with Crippen molar-refractivity contribution < 1.29 is 0 Å². The van der Waals surface area contributed by atoms with Crippen LogP contribution in [0.1, 0.15) is 17.6 Å². The zero-order valence-electron chi connectivity index (χ0n) is 7.83. The van der Waals surface area contributed by atoms with E-state index in [0.717, 1.165) is 11.5 Å². The van der Waals surface area contributed by atoms with Crippen molar-refractivity contribution in [3.63, 3.8) is 0 Å². The number of nitrogens with two attached hydrogens (primary N) is 1. The Morgan fingerprint density at radius 3 is 2.79 bits per heavy atom. The second kappa shape index (κ2) is 3.55. The summed E-state index contributed by atoms with van der Waals surface area (Å²) in [6.07, 6.45) is 6.73. The van der Waals surface area contributed by atoms with Crippen LogP contribution in [0.3, 0.4) is 0 Å². The Morgan fingerprint density at radius 1 is 1.36 bits per heavy atom. The minimum Gasteiger partial charge on any atom is -0.336 e. The van der Waals surface area contributed by atoms with E-state index >= 15 is 0 Å². The van der Waals surface area contributed by atoms with Gasteiger partial charge < -0.3 is 10.3 Å². The Balaban J connectivity index is 2.34. The number of nitrogens with zero attached hydrogens (tertiary/aromatic N) is 4. The van der Waals surface area contributed by atoms with Gasteiger partial charge in [-0.3, -0.25) is 0 Å². The van der Waals surface area contributed by atoms with Crippen LogP contribution in [0.25, 0.3) is 0 Å². The summed E-state index contributed by atoms with van der Waals surface area (Å²) in [7, 11) is 1.91. The number of hydrogen-bond donors (Lipinski definition) is 1. The molecule has 0 aliphatic rings.